The summed E-state index contributed by atoms with van der Waals surface area (Å²) in [5.41, 5.74) is 0.915. The van der Waals surface area contributed by atoms with Crippen molar-refractivity contribution in [1.29, 1.82) is 0 Å². The molecule has 142 valence electrons. The third kappa shape index (κ3) is 3.57. The maximum Gasteiger partial charge on any atom is 0.290 e. The quantitative estimate of drug-likeness (QED) is 0.874. The van der Waals surface area contributed by atoms with Crippen LogP contribution in [-0.4, -0.2) is 58.5 Å². The van der Waals surface area contributed by atoms with E-state index in [1.54, 1.807) is 11.0 Å². The molecule has 27 heavy (non-hydrogen) atoms. The molecule has 1 N–H and O–H groups in total. The molecule has 2 aliphatic rings. The monoisotopic (exact) mass is 370 g/mol. The van der Waals surface area contributed by atoms with Crippen LogP contribution in [0.4, 0.5) is 0 Å². The summed E-state index contributed by atoms with van der Waals surface area (Å²) in [6.45, 7) is 4.15. The molecular weight excluding hydrogens is 348 g/mol. The Morgan fingerprint density at radius 1 is 1.37 bits per heavy atom. The number of nitrogens with zero attached hydrogens (tertiary/aromatic N) is 3. The highest BCUT2D eigenvalue weighted by molar-refractivity contribution is 5.93. The van der Waals surface area contributed by atoms with Crippen LogP contribution < -0.4 is 5.32 Å². The van der Waals surface area contributed by atoms with Gasteiger partial charge in [0.25, 0.3) is 11.8 Å². The van der Waals surface area contributed by atoms with Crippen LogP contribution >= 0.6 is 0 Å². The van der Waals surface area contributed by atoms with E-state index in [9.17, 15) is 9.59 Å². The number of furan rings is 1. The number of aromatic nitrogens is 2. The largest absolute Gasteiger partial charge is 0.459 e. The molecule has 0 unspecified atom stereocenters. The Bertz CT molecular complexity index is 819. The summed E-state index contributed by atoms with van der Waals surface area (Å²) in [5.74, 6) is 0.362. The summed E-state index contributed by atoms with van der Waals surface area (Å²) in [7, 11) is 0. The van der Waals surface area contributed by atoms with Gasteiger partial charge >= 0.3 is 0 Å². The maximum atomic E-state index is 12.4. The van der Waals surface area contributed by atoms with Gasteiger partial charge in [0.05, 0.1) is 32.2 Å². The number of carbonyl (C=O) groups is 2. The van der Waals surface area contributed by atoms with Gasteiger partial charge in [0.15, 0.2) is 5.76 Å². The van der Waals surface area contributed by atoms with Gasteiger partial charge < -0.3 is 19.4 Å². The number of nitrogens with one attached hydrogen (secondary N) is 1. The van der Waals surface area contributed by atoms with E-state index in [2.05, 4.69) is 15.3 Å². The van der Waals surface area contributed by atoms with Gasteiger partial charge in [-0.1, -0.05) is 0 Å². The van der Waals surface area contributed by atoms with E-state index in [0.717, 1.165) is 18.4 Å². The Labute approximate surface area is 156 Å². The number of hydrogen-bond acceptors (Lipinski definition) is 6. The summed E-state index contributed by atoms with van der Waals surface area (Å²) >= 11 is 0. The van der Waals surface area contributed by atoms with Gasteiger partial charge in [0.2, 0.25) is 0 Å². The topological polar surface area (TPSA) is 97.6 Å². The normalized spacial score (nSPS) is 20.9. The first-order valence-corrected chi connectivity index (χ1v) is 9.08. The molecule has 0 saturated carbocycles. The van der Waals surface area contributed by atoms with Crippen LogP contribution in [-0.2, 0) is 4.74 Å². The number of likely N-dealkylation sites (tertiary alicyclic amines) is 1. The van der Waals surface area contributed by atoms with Crippen LogP contribution in [0.5, 0.6) is 0 Å². The van der Waals surface area contributed by atoms with Crippen LogP contribution in [0.3, 0.4) is 0 Å². The number of ether oxygens (including phenoxy) is 1. The first-order chi connectivity index (χ1) is 13.1. The highest BCUT2D eigenvalue weighted by atomic mass is 16.5. The standard InChI is InChI=1S/C19H22N4O4/c1-13-3-7-26-16(13)18(25)23-11-19(12-23)4-2-14(10-27-19)8-22-17(24)15-9-20-5-6-21-15/h3,5-7,9,14H,2,4,8,10-12H2,1H3,(H,22,24)/t14-/m1/s1. The van der Waals surface area contributed by atoms with Crippen LogP contribution in [0.15, 0.2) is 35.3 Å². The van der Waals surface area contributed by atoms with Crippen LogP contribution in [0.2, 0.25) is 0 Å². The Kier molecular flexibility index (Phi) is 4.65. The van der Waals surface area contributed by atoms with E-state index < -0.39 is 0 Å². The van der Waals surface area contributed by atoms with Crippen LogP contribution in [0.25, 0.3) is 0 Å². The fraction of sp³-hybridized carbons (Fsp3) is 0.474. The van der Waals surface area contributed by atoms with E-state index >= 15 is 0 Å². The van der Waals surface area contributed by atoms with Crippen molar-refractivity contribution in [3.05, 3.63) is 47.9 Å². The molecule has 0 aromatic carbocycles. The molecule has 4 rings (SSSR count). The predicted molar refractivity (Wildman–Crippen MR) is 95.1 cm³/mol. The summed E-state index contributed by atoms with van der Waals surface area (Å²) in [6, 6.07) is 1.79. The van der Waals surface area contributed by atoms with Gasteiger partial charge in [-0.05, 0) is 31.7 Å². The van der Waals surface area contributed by atoms with Crippen molar-refractivity contribution in [3.63, 3.8) is 0 Å². The van der Waals surface area contributed by atoms with Crippen molar-refractivity contribution in [2.75, 3.05) is 26.2 Å². The van der Waals surface area contributed by atoms with Crippen LogP contribution in [0.1, 0.15) is 39.4 Å². The highest BCUT2D eigenvalue weighted by Crippen LogP contribution is 2.36. The summed E-state index contributed by atoms with van der Waals surface area (Å²) in [4.78, 5) is 34.1. The molecule has 0 bridgehead atoms. The lowest BCUT2D eigenvalue weighted by Crippen LogP contribution is -2.66. The number of rotatable bonds is 4. The fourth-order valence-corrected chi connectivity index (χ4v) is 3.60. The second-order valence-corrected chi connectivity index (χ2v) is 7.29. The van der Waals surface area contributed by atoms with E-state index in [1.165, 1.54) is 24.9 Å². The highest BCUT2D eigenvalue weighted by Gasteiger charge is 2.49. The molecule has 2 amide bonds. The minimum atomic E-state index is -0.248. The Hall–Kier alpha value is -2.74. The van der Waals surface area contributed by atoms with Crippen molar-refractivity contribution in [3.8, 4) is 0 Å². The van der Waals surface area contributed by atoms with E-state index in [1.807, 2.05) is 6.92 Å². The smallest absolute Gasteiger partial charge is 0.290 e. The first-order valence-electron chi connectivity index (χ1n) is 9.08. The van der Waals surface area contributed by atoms with Gasteiger partial charge in [-0.2, -0.15) is 0 Å². The van der Waals surface area contributed by atoms with Crippen molar-refractivity contribution >= 4 is 11.8 Å². The van der Waals surface area contributed by atoms with Gasteiger partial charge in [0, 0.05) is 24.5 Å². The Balaban J connectivity index is 1.23. The minimum Gasteiger partial charge on any atom is -0.459 e. The maximum absolute atomic E-state index is 12.4. The van der Waals surface area contributed by atoms with Gasteiger partial charge in [0.1, 0.15) is 11.3 Å². The molecule has 2 saturated heterocycles. The molecule has 8 heteroatoms. The average Bonchev–Trinajstić information content (AvgIpc) is 3.11. The minimum absolute atomic E-state index is 0.0786. The van der Waals surface area contributed by atoms with Gasteiger partial charge in [-0.15, -0.1) is 0 Å². The van der Waals surface area contributed by atoms with Crippen LogP contribution in [0, 0.1) is 12.8 Å². The third-order valence-electron chi connectivity index (χ3n) is 5.28. The lowest BCUT2D eigenvalue weighted by molar-refractivity contribution is -0.166. The average molecular weight is 370 g/mol. The van der Waals surface area contributed by atoms with E-state index in [-0.39, 0.29) is 23.3 Å². The zero-order valence-electron chi connectivity index (χ0n) is 15.2. The molecule has 1 spiro atoms. The number of carbonyl (C=O) groups excluding carboxylic acids is 2. The molecular formula is C19H22N4O4. The molecule has 0 radical (unpaired) electrons. The molecule has 2 aliphatic heterocycles. The predicted octanol–water partition coefficient (Wildman–Crippen LogP) is 1.43. The molecule has 1 atom stereocenters. The molecule has 4 heterocycles. The summed E-state index contributed by atoms with van der Waals surface area (Å²) < 4.78 is 11.4. The van der Waals surface area contributed by atoms with Crippen molar-refractivity contribution in [2.24, 2.45) is 5.92 Å². The second-order valence-electron chi connectivity index (χ2n) is 7.29. The van der Waals surface area contributed by atoms with Gasteiger partial charge in [-0.25, -0.2) is 4.98 Å². The molecule has 2 fully saturated rings. The number of hydrogen-bond donors (Lipinski definition) is 1. The van der Waals surface area contributed by atoms with E-state index in [4.69, 9.17) is 9.15 Å². The van der Waals surface area contributed by atoms with Gasteiger partial charge in [-0.3, -0.25) is 14.6 Å². The Morgan fingerprint density at radius 2 is 2.22 bits per heavy atom. The molecule has 2 aromatic heterocycles. The Morgan fingerprint density at radius 3 is 2.85 bits per heavy atom. The summed E-state index contributed by atoms with van der Waals surface area (Å²) in [6.07, 6.45) is 7.83. The van der Waals surface area contributed by atoms with Crippen molar-refractivity contribution < 1.29 is 18.7 Å². The lowest BCUT2D eigenvalue weighted by atomic mass is 9.82. The first kappa shape index (κ1) is 17.7. The molecule has 2 aromatic rings. The van der Waals surface area contributed by atoms with E-state index in [0.29, 0.717) is 37.7 Å². The SMILES string of the molecule is Cc1ccoc1C(=O)N1CC2(CC[C@H](CNC(=O)c3cnccn3)CO2)C1. The second kappa shape index (κ2) is 7.11. The fourth-order valence-electron chi connectivity index (χ4n) is 3.60. The van der Waals surface area contributed by atoms with Crippen molar-refractivity contribution in [2.45, 2.75) is 25.4 Å². The lowest BCUT2D eigenvalue weighted by Gasteiger charge is -2.52. The number of aryl methyl sites for hydroxylation is 1. The third-order valence-corrected chi connectivity index (χ3v) is 5.28. The zero-order valence-corrected chi connectivity index (χ0v) is 15.2. The number of amides is 2. The summed E-state index contributed by atoms with van der Waals surface area (Å²) in [5, 5.41) is 2.89. The molecule has 8 nitrogen and oxygen atoms in total. The van der Waals surface area contributed by atoms with Crippen molar-refractivity contribution in [1.82, 2.24) is 20.2 Å². The molecule has 0 aliphatic carbocycles. The zero-order chi connectivity index (χ0) is 18.9.